The summed E-state index contributed by atoms with van der Waals surface area (Å²) in [6, 6.07) is 4.03. The zero-order valence-corrected chi connectivity index (χ0v) is 15.1. The lowest BCUT2D eigenvalue weighted by Gasteiger charge is -2.46. The van der Waals surface area contributed by atoms with Crippen molar-refractivity contribution in [2.75, 3.05) is 6.61 Å². The summed E-state index contributed by atoms with van der Waals surface area (Å²) in [6.07, 6.45) is 8.57. The Kier molecular flexibility index (Phi) is 4.91. The van der Waals surface area contributed by atoms with Gasteiger partial charge in [0.05, 0.1) is 6.61 Å². The van der Waals surface area contributed by atoms with Crippen LogP contribution in [0.4, 0.5) is 0 Å². The van der Waals surface area contributed by atoms with Gasteiger partial charge in [0.2, 0.25) is 0 Å². The molecule has 1 aromatic rings. The van der Waals surface area contributed by atoms with Gasteiger partial charge in [0.15, 0.2) is 0 Å². The summed E-state index contributed by atoms with van der Waals surface area (Å²) in [5.41, 5.74) is 2.87. The van der Waals surface area contributed by atoms with Crippen molar-refractivity contribution in [2.24, 2.45) is 5.92 Å². The molecule has 2 aliphatic rings. The Morgan fingerprint density at radius 3 is 2.75 bits per heavy atom. The minimum atomic E-state index is -0.260. The summed E-state index contributed by atoms with van der Waals surface area (Å²) in [5, 5.41) is 20.2. The van der Waals surface area contributed by atoms with Crippen molar-refractivity contribution in [3.63, 3.8) is 0 Å². The summed E-state index contributed by atoms with van der Waals surface area (Å²) in [6.45, 7) is 6.60. The van der Waals surface area contributed by atoms with E-state index in [0.717, 1.165) is 48.1 Å². The lowest BCUT2D eigenvalue weighted by molar-refractivity contribution is 0.0100. The van der Waals surface area contributed by atoms with Crippen molar-refractivity contribution < 1.29 is 14.9 Å². The van der Waals surface area contributed by atoms with E-state index in [9.17, 15) is 10.2 Å². The smallest absolute Gasteiger partial charge is 0.127 e. The van der Waals surface area contributed by atoms with Crippen molar-refractivity contribution in [2.45, 2.75) is 70.8 Å². The highest BCUT2D eigenvalue weighted by Crippen LogP contribution is 2.53. The zero-order chi connectivity index (χ0) is 17.3. The molecule has 0 spiro atoms. The van der Waals surface area contributed by atoms with Gasteiger partial charge in [-0.1, -0.05) is 25.8 Å². The third-order valence-electron chi connectivity index (χ3n) is 5.68. The van der Waals surface area contributed by atoms with Crippen LogP contribution in [0, 0.1) is 5.92 Å². The molecule has 0 amide bonds. The van der Waals surface area contributed by atoms with E-state index in [-0.39, 0.29) is 18.1 Å². The second kappa shape index (κ2) is 6.79. The van der Waals surface area contributed by atoms with Gasteiger partial charge < -0.3 is 14.9 Å². The molecule has 0 bridgehead atoms. The van der Waals surface area contributed by atoms with Crippen LogP contribution in [0.3, 0.4) is 0 Å². The van der Waals surface area contributed by atoms with Crippen LogP contribution in [0.15, 0.2) is 23.8 Å². The number of unbranched alkanes of at least 4 members (excludes halogenated alkanes) is 2. The van der Waals surface area contributed by atoms with E-state index >= 15 is 0 Å². The molecule has 2 atom stereocenters. The quantitative estimate of drug-likeness (QED) is 0.607. The third kappa shape index (κ3) is 3.19. The van der Waals surface area contributed by atoms with Crippen molar-refractivity contribution in [3.05, 3.63) is 34.9 Å². The minimum absolute atomic E-state index is 0.107. The van der Waals surface area contributed by atoms with Crippen LogP contribution in [0.2, 0.25) is 0 Å². The summed E-state index contributed by atoms with van der Waals surface area (Å²) in [5.74, 6) is 1.63. The Hall–Kier alpha value is -1.48. The fourth-order valence-corrected chi connectivity index (χ4v) is 4.34. The highest BCUT2D eigenvalue weighted by atomic mass is 16.5. The molecule has 1 aliphatic carbocycles. The van der Waals surface area contributed by atoms with Crippen LogP contribution in [-0.4, -0.2) is 22.4 Å². The molecule has 0 saturated heterocycles. The van der Waals surface area contributed by atoms with Gasteiger partial charge in [0.1, 0.15) is 17.1 Å². The summed E-state index contributed by atoms with van der Waals surface area (Å²) in [7, 11) is 0. The first kappa shape index (κ1) is 17.3. The number of ether oxygens (including phenoxy) is 1. The number of aliphatic hydroxyl groups is 1. The summed E-state index contributed by atoms with van der Waals surface area (Å²) in [4.78, 5) is 0. The van der Waals surface area contributed by atoms with E-state index in [1.807, 2.05) is 6.07 Å². The van der Waals surface area contributed by atoms with Gasteiger partial charge in [0, 0.05) is 17.4 Å². The average Bonchev–Trinajstić information content (AvgIpc) is 2.53. The maximum absolute atomic E-state index is 10.7. The van der Waals surface area contributed by atoms with Gasteiger partial charge in [-0.3, -0.25) is 0 Å². The second-order valence-corrected chi connectivity index (χ2v) is 7.84. The van der Waals surface area contributed by atoms with Gasteiger partial charge in [-0.25, -0.2) is 0 Å². The molecule has 1 aliphatic heterocycles. The molecule has 2 N–H and O–H groups in total. The molecule has 2 unspecified atom stereocenters. The van der Waals surface area contributed by atoms with Crippen molar-refractivity contribution in [1.29, 1.82) is 0 Å². The van der Waals surface area contributed by atoms with Gasteiger partial charge >= 0.3 is 0 Å². The Morgan fingerprint density at radius 2 is 2.04 bits per heavy atom. The van der Waals surface area contributed by atoms with Crippen LogP contribution in [0.5, 0.6) is 11.5 Å². The Labute approximate surface area is 145 Å². The topological polar surface area (TPSA) is 49.7 Å². The monoisotopic (exact) mass is 330 g/mol. The maximum atomic E-state index is 10.7. The van der Waals surface area contributed by atoms with Crippen LogP contribution in [0.1, 0.15) is 69.9 Å². The number of aliphatic hydroxyl groups excluding tert-OH is 1. The van der Waals surface area contributed by atoms with Gasteiger partial charge in [0.25, 0.3) is 0 Å². The molecule has 132 valence electrons. The molecule has 3 rings (SSSR count). The summed E-state index contributed by atoms with van der Waals surface area (Å²) < 4.78 is 6.33. The largest absolute Gasteiger partial charge is 0.507 e. The minimum Gasteiger partial charge on any atom is -0.507 e. The molecular formula is C21H30O3. The first-order chi connectivity index (χ1) is 11.5. The van der Waals surface area contributed by atoms with Crippen molar-refractivity contribution in [3.8, 4) is 11.5 Å². The molecule has 3 heteroatoms. The number of hydrogen-bond acceptors (Lipinski definition) is 3. The van der Waals surface area contributed by atoms with Crippen LogP contribution < -0.4 is 4.74 Å². The highest BCUT2D eigenvalue weighted by Gasteiger charge is 2.45. The van der Waals surface area contributed by atoms with Crippen LogP contribution in [-0.2, 0) is 6.42 Å². The predicted octanol–water partition coefficient (Wildman–Crippen LogP) is 4.71. The number of phenols is 1. The molecule has 1 aromatic carbocycles. The summed E-state index contributed by atoms with van der Waals surface area (Å²) >= 11 is 0. The SMILES string of the molecule is CCCCCc1cc(O)c2c(c1)OC(C)(C)C1CCC(CO)=CC21. The maximum Gasteiger partial charge on any atom is 0.127 e. The van der Waals surface area contributed by atoms with E-state index in [2.05, 4.69) is 32.9 Å². The molecule has 0 radical (unpaired) electrons. The normalized spacial score (nSPS) is 24.6. The Bertz CT molecular complexity index is 630. The standard InChI is InChI=1S/C21H30O3/c1-4-5-6-7-14-11-18(23)20-16-10-15(13-22)8-9-17(16)21(2,3)24-19(20)12-14/h10-12,16-17,22-23H,4-9,13H2,1-3H3. The van der Waals surface area contributed by atoms with Gasteiger partial charge in [-0.2, -0.15) is 0 Å². The van der Waals surface area contributed by atoms with Gasteiger partial charge in [-0.15, -0.1) is 0 Å². The van der Waals surface area contributed by atoms with E-state index in [1.165, 1.54) is 12.8 Å². The molecule has 1 heterocycles. The number of allylic oxidation sites excluding steroid dienone is 1. The fourth-order valence-electron chi connectivity index (χ4n) is 4.34. The molecule has 0 aromatic heterocycles. The number of phenolic OH excluding ortho intramolecular Hbond substituents is 1. The van der Waals surface area contributed by atoms with E-state index in [4.69, 9.17) is 4.74 Å². The lowest BCUT2D eigenvalue weighted by Crippen LogP contribution is -2.45. The number of fused-ring (bicyclic) bond motifs is 3. The number of benzene rings is 1. The molecule has 0 saturated carbocycles. The highest BCUT2D eigenvalue weighted by molar-refractivity contribution is 5.54. The van der Waals surface area contributed by atoms with Gasteiger partial charge in [-0.05, 0) is 62.8 Å². The third-order valence-corrected chi connectivity index (χ3v) is 5.68. The average molecular weight is 330 g/mol. The second-order valence-electron chi connectivity index (χ2n) is 7.84. The Balaban J connectivity index is 1.99. The van der Waals surface area contributed by atoms with E-state index < -0.39 is 0 Å². The first-order valence-corrected chi connectivity index (χ1v) is 9.31. The lowest BCUT2D eigenvalue weighted by atomic mass is 9.68. The predicted molar refractivity (Wildman–Crippen MR) is 96.7 cm³/mol. The molecule has 3 nitrogen and oxygen atoms in total. The molecular weight excluding hydrogens is 300 g/mol. The number of aromatic hydroxyl groups is 1. The number of hydrogen-bond donors (Lipinski definition) is 2. The van der Waals surface area contributed by atoms with E-state index in [0.29, 0.717) is 11.7 Å². The van der Waals surface area contributed by atoms with E-state index in [1.54, 1.807) is 0 Å². The Morgan fingerprint density at radius 1 is 1.25 bits per heavy atom. The van der Waals surface area contributed by atoms with Crippen LogP contribution >= 0.6 is 0 Å². The fraction of sp³-hybridized carbons (Fsp3) is 0.619. The first-order valence-electron chi connectivity index (χ1n) is 9.31. The number of rotatable bonds is 5. The number of aryl methyl sites for hydroxylation is 1. The molecule has 24 heavy (non-hydrogen) atoms. The zero-order valence-electron chi connectivity index (χ0n) is 15.1. The van der Waals surface area contributed by atoms with Crippen LogP contribution in [0.25, 0.3) is 0 Å². The van der Waals surface area contributed by atoms with Crippen molar-refractivity contribution >= 4 is 0 Å². The van der Waals surface area contributed by atoms with Crippen molar-refractivity contribution in [1.82, 2.24) is 0 Å². The molecule has 0 fully saturated rings.